The van der Waals surface area contributed by atoms with Crippen LogP contribution < -0.4 is 5.32 Å². The Balaban J connectivity index is 2.18. The van der Waals surface area contributed by atoms with Gasteiger partial charge in [-0.05, 0) is 25.0 Å². The number of hydrogen-bond acceptors (Lipinski definition) is 1. The number of benzene rings is 1. The van der Waals surface area contributed by atoms with Crippen molar-refractivity contribution in [3.05, 3.63) is 33.8 Å². The fourth-order valence-electron chi connectivity index (χ4n) is 1.43. The zero-order valence-corrected chi connectivity index (χ0v) is 10.7. The van der Waals surface area contributed by atoms with E-state index in [9.17, 15) is 4.79 Å². The van der Waals surface area contributed by atoms with Crippen molar-refractivity contribution in [2.24, 2.45) is 0 Å². The van der Waals surface area contributed by atoms with Crippen LogP contribution >= 0.6 is 34.8 Å². The molecule has 0 aliphatic heterocycles. The predicted octanol–water partition coefficient (Wildman–Crippen LogP) is 3.49. The number of carbonyl (C=O) groups excluding carboxylic acids is 1. The Morgan fingerprint density at radius 3 is 2.62 bits per heavy atom. The summed E-state index contributed by atoms with van der Waals surface area (Å²) in [7, 11) is 0. The Hall–Kier alpha value is -0.440. The lowest BCUT2D eigenvalue weighted by Crippen LogP contribution is -2.38. The maximum Gasteiger partial charge on any atom is 0.253 e. The minimum atomic E-state index is -0.232. The molecule has 1 saturated carbocycles. The highest BCUT2D eigenvalue weighted by Crippen LogP contribution is 2.37. The van der Waals surface area contributed by atoms with E-state index in [1.165, 1.54) is 0 Å². The molecule has 0 atom stereocenters. The minimum Gasteiger partial charge on any atom is -0.345 e. The quantitative estimate of drug-likeness (QED) is 0.843. The number of amides is 1. The van der Waals surface area contributed by atoms with Gasteiger partial charge in [0.05, 0.1) is 21.1 Å². The SMILES string of the molecule is O=C(NC1(CCl)CC1)c1cccc(Cl)c1Cl. The van der Waals surface area contributed by atoms with E-state index in [1.54, 1.807) is 18.2 Å². The van der Waals surface area contributed by atoms with E-state index in [0.717, 1.165) is 12.8 Å². The van der Waals surface area contributed by atoms with Gasteiger partial charge in [0.15, 0.2) is 0 Å². The van der Waals surface area contributed by atoms with E-state index in [-0.39, 0.29) is 16.5 Å². The monoisotopic (exact) mass is 277 g/mol. The number of rotatable bonds is 3. The van der Waals surface area contributed by atoms with Crippen molar-refractivity contribution in [3.63, 3.8) is 0 Å². The van der Waals surface area contributed by atoms with Crippen LogP contribution in [0.2, 0.25) is 10.0 Å². The van der Waals surface area contributed by atoms with Gasteiger partial charge in [-0.2, -0.15) is 0 Å². The van der Waals surface area contributed by atoms with Crippen LogP contribution in [0.5, 0.6) is 0 Å². The number of halogens is 3. The van der Waals surface area contributed by atoms with Gasteiger partial charge in [0, 0.05) is 5.88 Å². The van der Waals surface area contributed by atoms with E-state index < -0.39 is 0 Å². The van der Waals surface area contributed by atoms with Crippen molar-refractivity contribution < 1.29 is 4.79 Å². The first-order chi connectivity index (χ1) is 7.58. The smallest absolute Gasteiger partial charge is 0.253 e. The average Bonchev–Trinajstić information content (AvgIpc) is 3.02. The second-order valence-corrected chi connectivity index (χ2v) is 5.02. The van der Waals surface area contributed by atoms with Crippen LogP contribution in [0.1, 0.15) is 23.2 Å². The Morgan fingerprint density at radius 2 is 2.06 bits per heavy atom. The lowest BCUT2D eigenvalue weighted by molar-refractivity contribution is 0.0936. The standard InChI is InChI=1S/C11H10Cl3NO/c12-6-11(4-5-11)15-10(16)7-2-1-3-8(13)9(7)14/h1-3H,4-6H2,(H,15,16). The van der Waals surface area contributed by atoms with Crippen molar-refractivity contribution in [2.45, 2.75) is 18.4 Å². The van der Waals surface area contributed by atoms with Crippen molar-refractivity contribution in [2.75, 3.05) is 5.88 Å². The predicted molar refractivity (Wildman–Crippen MR) is 66.6 cm³/mol. The maximum absolute atomic E-state index is 11.9. The van der Waals surface area contributed by atoms with Crippen molar-refractivity contribution >= 4 is 40.7 Å². The molecule has 0 unspecified atom stereocenters. The second-order valence-electron chi connectivity index (χ2n) is 3.97. The largest absolute Gasteiger partial charge is 0.345 e. The van der Waals surface area contributed by atoms with E-state index in [0.29, 0.717) is 16.5 Å². The summed E-state index contributed by atoms with van der Waals surface area (Å²) in [6.45, 7) is 0. The first-order valence-electron chi connectivity index (χ1n) is 4.90. The molecule has 5 heteroatoms. The van der Waals surface area contributed by atoms with Gasteiger partial charge in [-0.25, -0.2) is 0 Å². The van der Waals surface area contributed by atoms with Gasteiger partial charge in [-0.15, -0.1) is 11.6 Å². The summed E-state index contributed by atoms with van der Waals surface area (Å²) in [5, 5.41) is 3.55. The minimum absolute atomic E-state index is 0.217. The topological polar surface area (TPSA) is 29.1 Å². The molecule has 16 heavy (non-hydrogen) atoms. The molecular weight excluding hydrogens is 268 g/mol. The molecular formula is C11H10Cl3NO. The summed E-state index contributed by atoms with van der Waals surface area (Å²) >= 11 is 17.6. The normalized spacial score (nSPS) is 16.9. The van der Waals surface area contributed by atoms with Crippen LogP contribution in [0.4, 0.5) is 0 Å². The van der Waals surface area contributed by atoms with Gasteiger partial charge in [0.1, 0.15) is 0 Å². The van der Waals surface area contributed by atoms with Crippen LogP contribution in [-0.4, -0.2) is 17.3 Å². The summed E-state index contributed by atoms with van der Waals surface area (Å²) in [6, 6.07) is 4.99. The molecule has 0 saturated heterocycles. The third kappa shape index (κ3) is 2.29. The van der Waals surface area contributed by atoms with Crippen LogP contribution in [0.15, 0.2) is 18.2 Å². The molecule has 1 aromatic rings. The molecule has 86 valence electrons. The molecule has 2 rings (SSSR count). The fraction of sp³-hybridized carbons (Fsp3) is 0.364. The van der Waals surface area contributed by atoms with E-state index >= 15 is 0 Å². The van der Waals surface area contributed by atoms with Crippen molar-refractivity contribution in [3.8, 4) is 0 Å². The first kappa shape index (κ1) is 12.0. The molecule has 0 radical (unpaired) electrons. The third-order valence-corrected chi connectivity index (χ3v) is 4.01. The van der Waals surface area contributed by atoms with Crippen LogP contribution in [-0.2, 0) is 0 Å². The highest BCUT2D eigenvalue weighted by Gasteiger charge is 2.43. The van der Waals surface area contributed by atoms with Gasteiger partial charge in [-0.1, -0.05) is 29.3 Å². The zero-order valence-electron chi connectivity index (χ0n) is 8.40. The first-order valence-corrected chi connectivity index (χ1v) is 6.19. The Kier molecular flexibility index (Phi) is 3.34. The molecule has 1 aromatic carbocycles. The number of alkyl halides is 1. The van der Waals surface area contributed by atoms with Crippen molar-refractivity contribution in [1.82, 2.24) is 5.32 Å². The van der Waals surface area contributed by atoms with E-state index in [2.05, 4.69) is 5.32 Å². The number of nitrogens with one attached hydrogen (secondary N) is 1. The summed E-state index contributed by atoms with van der Waals surface area (Å²) in [5.74, 6) is 0.211. The number of carbonyl (C=O) groups is 1. The molecule has 0 heterocycles. The van der Waals surface area contributed by atoms with Crippen LogP contribution in [0.3, 0.4) is 0 Å². The Bertz CT molecular complexity index is 429. The fourth-order valence-corrected chi connectivity index (χ4v) is 2.15. The molecule has 0 spiro atoms. The third-order valence-electron chi connectivity index (χ3n) is 2.68. The molecule has 1 N–H and O–H groups in total. The lowest BCUT2D eigenvalue weighted by atomic mass is 10.2. The van der Waals surface area contributed by atoms with Crippen LogP contribution in [0, 0.1) is 0 Å². The molecule has 1 fully saturated rings. The Morgan fingerprint density at radius 1 is 1.38 bits per heavy atom. The lowest BCUT2D eigenvalue weighted by Gasteiger charge is -2.14. The highest BCUT2D eigenvalue weighted by atomic mass is 35.5. The maximum atomic E-state index is 11.9. The van der Waals surface area contributed by atoms with Gasteiger partial charge >= 0.3 is 0 Å². The van der Waals surface area contributed by atoms with Gasteiger partial charge in [0.25, 0.3) is 5.91 Å². The molecule has 0 aromatic heterocycles. The van der Waals surface area contributed by atoms with Crippen molar-refractivity contribution in [1.29, 1.82) is 0 Å². The second kappa shape index (κ2) is 4.44. The van der Waals surface area contributed by atoms with Gasteiger partial charge < -0.3 is 5.32 Å². The molecule has 0 bridgehead atoms. The number of hydrogen-bond donors (Lipinski definition) is 1. The van der Waals surface area contributed by atoms with E-state index in [4.69, 9.17) is 34.8 Å². The molecule has 1 aliphatic rings. The summed E-state index contributed by atoms with van der Waals surface area (Å²) in [6.07, 6.45) is 1.83. The van der Waals surface area contributed by atoms with E-state index in [1.807, 2.05) is 0 Å². The highest BCUT2D eigenvalue weighted by molar-refractivity contribution is 6.43. The van der Waals surface area contributed by atoms with Crippen LogP contribution in [0.25, 0.3) is 0 Å². The summed E-state index contributed by atoms with van der Waals surface area (Å²) in [5.41, 5.74) is 0.162. The zero-order chi connectivity index (χ0) is 11.8. The summed E-state index contributed by atoms with van der Waals surface area (Å²) < 4.78 is 0. The average molecular weight is 279 g/mol. The molecule has 1 aliphatic carbocycles. The van der Waals surface area contributed by atoms with Gasteiger partial charge in [0.2, 0.25) is 0 Å². The molecule has 1 amide bonds. The Labute approximate surface area is 109 Å². The molecule has 2 nitrogen and oxygen atoms in total. The van der Waals surface area contributed by atoms with Gasteiger partial charge in [-0.3, -0.25) is 4.79 Å². The summed E-state index contributed by atoms with van der Waals surface area (Å²) in [4.78, 5) is 11.9.